The summed E-state index contributed by atoms with van der Waals surface area (Å²) in [6.45, 7) is 2.40. The number of nitrogens with one attached hydrogen (secondary N) is 2. The number of fused-ring (bicyclic) bond motifs is 1. The van der Waals surface area contributed by atoms with Crippen molar-refractivity contribution in [1.29, 1.82) is 0 Å². The van der Waals surface area contributed by atoms with Crippen LogP contribution in [0.1, 0.15) is 23.0 Å². The molecule has 0 bridgehead atoms. The molecule has 0 fully saturated rings. The zero-order chi connectivity index (χ0) is 15.5. The molecule has 1 unspecified atom stereocenters. The molecular weight excluding hydrogens is 300 g/mol. The predicted molar refractivity (Wildman–Crippen MR) is 85.1 cm³/mol. The number of rotatable bonds is 4. The standard InChI is InChI=1S/C16H16N2O3S/c1-10-15(19)18-12-9-11(4-5-14(12)22-10)6-7-17-16(20)13-3-2-8-21-13/h2-5,8-10H,6-7H2,1H3,(H,17,20)(H,18,19). The summed E-state index contributed by atoms with van der Waals surface area (Å²) in [6.07, 6.45) is 2.16. The van der Waals surface area contributed by atoms with Crippen molar-refractivity contribution >= 4 is 29.3 Å². The van der Waals surface area contributed by atoms with Crippen LogP contribution < -0.4 is 10.6 Å². The number of hydrogen-bond acceptors (Lipinski definition) is 4. The number of hydrogen-bond donors (Lipinski definition) is 2. The van der Waals surface area contributed by atoms with E-state index in [0.717, 1.165) is 16.1 Å². The van der Waals surface area contributed by atoms with E-state index >= 15 is 0 Å². The molecule has 2 amide bonds. The molecule has 3 rings (SSSR count). The van der Waals surface area contributed by atoms with Gasteiger partial charge in [-0.05, 0) is 43.2 Å². The van der Waals surface area contributed by atoms with E-state index in [-0.39, 0.29) is 17.1 Å². The van der Waals surface area contributed by atoms with Crippen LogP contribution in [0.4, 0.5) is 5.69 Å². The average molecular weight is 316 g/mol. The highest BCUT2D eigenvalue weighted by atomic mass is 32.2. The molecule has 0 radical (unpaired) electrons. The molecule has 114 valence electrons. The fourth-order valence-corrected chi connectivity index (χ4v) is 3.16. The Labute approximate surface area is 132 Å². The number of carbonyl (C=O) groups is 2. The van der Waals surface area contributed by atoms with Gasteiger partial charge in [0.25, 0.3) is 5.91 Å². The molecule has 0 saturated carbocycles. The lowest BCUT2D eigenvalue weighted by molar-refractivity contribution is -0.115. The van der Waals surface area contributed by atoms with Gasteiger partial charge in [0.15, 0.2) is 5.76 Å². The van der Waals surface area contributed by atoms with Gasteiger partial charge >= 0.3 is 0 Å². The second-order valence-corrected chi connectivity index (χ2v) is 6.45. The van der Waals surface area contributed by atoms with Crippen molar-refractivity contribution in [3.05, 3.63) is 47.9 Å². The highest BCUT2D eigenvalue weighted by molar-refractivity contribution is 8.00. The summed E-state index contributed by atoms with van der Waals surface area (Å²) in [6, 6.07) is 9.31. The summed E-state index contributed by atoms with van der Waals surface area (Å²) < 4.78 is 5.03. The minimum Gasteiger partial charge on any atom is -0.459 e. The zero-order valence-electron chi connectivity index (χ0n) is 12.1. The molecule has 0 saturated heterocycles. The fourth-order valence-electron chi connectivity index (χ4n) is 2.23. The quantitative estimate of drug-likeness (QED) is 0.910. The minimum atomic E-state index is -0.222. The molecular formula is C16H16N2O3S. The van der Waals surface area contributed by atoms with Gasteiger partial charge in [-0.3, -0.25) is 9.59 Å². The summed E-state index contributed by atoms with van der Waals surface area (Å²) in [7, 11) is 0. The summed E-state index contributed by atoms with van der Waals surface area (Å²) >= 11 is 1.56. The van der Waals surface area contributed by atoms with Gasteiger partial charge in [-0.25, -0.2) is 0 Å². The Kier molecular flexibility index (Phi) is 4.20. The van der Waals surface area contributed by atoms with Gasteiger partial charge in [-0.15, -0.1) is 11.8 Å². The first kappa shape index (κ1) is 14.7. The number of thioether (sulfide) groups is 1. The number of benzene rings is 1. The molecule has 6 heteroatoms. The third-order valence-corrected chi connectivity index (χ3v) is 4.60. The second kappa shape index (κ2) is 6.27. The first-order valence-electron chi connectivity index (χ1n) is 7.05. The maximum atomic E-state index is 11.7. The lowest BCUT2D eigenvalue weighted by Gasteiger charge is -2.21. The van der Waals surface area contributed by atoms with Crippen molar-refractivity contribution in [2.75, 3.05) is 11.9 Å². The van der Waals surface area contributed by atoms with Gasteiger partial charge in [-0.2, -0.15) is 0 Å². The third-order valence-electron chi connectivity index (χ3n) is 3.42. The van der Waals surface area contributed by atoms with Gasteiger partial charge in [-0.1, -0.05) is 6.07 Å². The van der Waals surface area contributed by atoms with E-state index in [0.29, 0.717) is 18.7 Å². The topological polar surface area (TPSA) is 71.3 Å². The monoisotopic (exact) mass is 316 g/mol. The molecule has 1 aliphatic heterocycles. The molecule has 2 N–H and O–H groups in total. The Hall–Kier alpha value is -2.21. The molecule has 0 spiro atoms. The first-order chi connectivity index (χ1) is 10.6. The van der Waals surface area contributed by atoms with Crippen molar-refractivity contribution in [2.45, 2.75) is 23.5 Å². The van der Waals surface area contributed by atoms with Gasteiger partial charge < -0.3 is 15.1 Å². The van der Waals surface area contributed by atoms with E-state index in [9.17, 15) is 9.59 Å². The summed E-state index contributed by atoms with van der Waals surface area (Å²) in [4.78, 5) is 24.5. The summed E-state index contributed by atoms with van der Waals surface area (Å²) in [5.41, 5.74) is 1.91. The normalized spacial score (nSPS) is 16.8. The predicted octanol–water partition coefficient (Wildman–Crippen LogP) is 2.68. The smallest absolute Gasteiger partial charge is 0.286 e. The van der Waals surface area contributed by atoms with Crippen molar-refractivity contribution in [1.82, 2.24) is 5.32 Å². The van der Waals surface area contributed by atoms with Crippen LogP contribution in [0.3, 0.4) is 0 Å². The Bertz CT molecular complexity index is 697. The largest absolute Gasteiger partial charge is 0.459 e. The van der Waals surface area contributed by atoms with Crippen LogP contribution in [0.2, 0.25) is 0 Å². The van der Waals surface area contributed by atoms with Crippen molar-refractivity contribution in [3.63, 3.8) is 0 Å². The van der Waals surface area contributed by atoms with E-state index in [1.165, 1.54) is 6.26 Å². The molecule has 2 aromatic rings. The van der Waals surface area contributed by atoms with Crippen LogP contribution in [0.25, 0.3) is 0 Å². The van der Waals surface area contributed by atoms with Crippen molar-refractivity contribution < 1.29 is 14.0 Å². The Morgan fingerprint density at radius 1 is 1.41 bits per heavy atom. The van der Waals surface area contributed by atoms with Gasteiger partial charge in [0.1, 0.15) is 0 Å². The first-order valence-corrected chi connectivity index (χ1v) is 7.93. The number of carbonyl (C=O) groups excluding carboxylic acids is 2. The maximum Gasteiger partial charge on any atom is 0.286 e. The molecule has 1 aromatic heterocycles. The SMILES string of the molecule is CC1Sc2ccc(CCNC(=O)c3ccco3)cc2NC1=O. The average Bonchev–Trinajstić information content (AvgIpc) is 3.03. The lowest BCUT2D eigenvalue weighted by Crippen LogP contribution is -2.27. The molecule has 22 heavy (non-hydrogen) atoms. The molecule has 2 heterocycles. The second-order valence-electron chi connectivity index (χ2n) is 5.06. The molecule has 1 atom stereocenters. The molecule has 5 nitrogen and oxygen atoms in total. The Morgan fingerprint density at radius 2 is 2.27 bits per heavy atom. The third kappa shape index (κ3) is 3.17. The number of furan rings is 1. The Morgan fingerprint density at radius 3 is 3.05 bits per heavy atom. The lowest BCUT2D eigenvalue weighted by atomic mass is 10.1. The van der Waals surface area contributed by atoms with Crippen LogP contribution in [0, 0.1) is 0 Å². The van der Waals surface area contributed by atoms with Crippen molar-refractivity contribution in [3.8, 4) is 0 Å². The summed E-state index contributed by atoms with van der Waals surface area (Å²) in [5.74, 6) is 0.115. The van der Waals surface area contributed by atoms with Crippen LogP contribution in [0.5, 0.6) is 0 Å². The van der Waals surface area contributed by atoms with Crippen LogP contribution in [0.15, 0.2) is 45.9 Å². The van der Waals surface area contributed by atoms with Gasteiger partial charge in [0.2, 0.25) is 5.91 Å². The summed E-state index contributed by atoms with van der Waals surface area (Å²) in [5, 5.41) is 5.65. The maximum absolute atomic E-state index is 11.7. The zero-order valence-corrected chi connectivity index (χ0v) is 12.9. The van der Waals surface area contributed by atoms with E-state index in [1.807, 2.05) is 25.1 Å². The number of anilines is 1. The van der Waals surface area contributed by atoms with E-state index in [2.05, 4.69) is 10.6 Å². The van der Waals surface area contributed by atoms with E-state index < -0.39 is 0 Å². The van der Waals surface area contributed by atoms with Crippen molar-refractivity contribution in [2.24, 2.45) is 0 Å². The highest BCUT2D eigenvalue weighted by Crippen LogP contribution is 2.35. The van der Waals surface area contributed by atoms with Crippen LogP contribution >= 0.6 is 11.8 Å². The van der Waals surface area contributed by atoms with Crippen LogP contribution in [-0.4, -0.2) is 23.6 Å². The van der Waals surface area contributed by atoms with Gasteiger partial charge in [0.05, 0.1) is 17.2 Å². The van der Waals surface area contributed by atoms with Gasteiger partial charge in [0, 0.05) is 11.4 Å². The fraction of sp³-hybridized carbons (Fsp3) is 0.250. The number of amides is 2. The molecule has 1 aliphatic rings. The van der Waals surface area contributed by atoms with E-state index in [1.54, 1.807) is 23.9 Å². The highest BCUT2D eigenvalue weighted by Gasteiger charge is 2.22. The Balaban J connectivity index is 1.59. The van der Waals surface area contributed by atoms with Crippen LogP contribution in [-0.2, 0) is 11.2 Å². The minimum absolute atomic E-state index is 0.0285. The molecule has 1 aromatic carbocycles. The molecule has 0 aliphatic carbocycles. The van der Waals surface area contributed by atoms with E-state index in [4.69, 9.17) is 4.42 Å².